The summed E-state index contributed by atoms with van der Waals surface area (Å²) < 4.78 is 15.5. The van der Waals surface area contributed by atoms with E-state index in [1.165, 1.54) is 0 Å². The fourth-order valence-electron chi connectivity index (χ4n) is 2.88. The van der Waals surface area contributed by atoms with Crippen LogP contribution < -0.4 is 4.74 Å². The number of aryl methyl sites for hydroxylation is 2. The minimum absolute atomic E-state index is 0.298. The lowest BCUT2D eigenvalue weighted by atomic mass is 10.1. The van der Waals surface area contributed by atoms with Crippen LogP contribution in [0.4, 0.5) is 4.79 Å². The zero-order valence-corrected chi connectivity index (χ0v) is 17.1. The molecule has 0 aliphatic carbocycles. The topological polar surface area (TPSA) is 85.4 Å². The Hall–Kier alpha value is -2.48. The molecule has 0 aromatic heterocycles. The van der Waals surface area contributed by atoms with Crippen molar-refractivity contribution < 1.29 is 28.6 Å². The van der Waals surface area contributed by atoms with Crippen LogP contribution in [0.3, 0.4) is 0 Å². The summed E-state index contributed by atoms with van der Waals surface area (Å²) in [5, 5.41) is 0.596. The number of rotatable bonds is 6. The third-order valence-electron chi connectivity index (χ3n) is 4.27. The van der Waals surface area contributed by atoms with Crippen molar-refractivity contribution >= 4 is 29.6 Å². The third-order valence-corrected chi connectivity index (χ3v) is 4.49. The standard InChI is InChI=1S/C19H25ClN2O6/c1-4-26-19(25)22-7-5-21(6-8-22)16(23)11-27-17(24)12-28-18-13(2)9-15(20)10-14(18)3/h9-10H,4-8,11-12H2,1-3H3. The van der Waals surface area contributed by atoms with Crippen LogP contribution in [0.15, 0.2) is 12.1 Å². The Bertz CT molecular complexity index is 708. The van der Waals surface area contributed by atoms with Crippen LogP contribution in [0.5, 0.6) is 5.75 Å². The molecule has 8 nitrogen and oxygen atoms in total. The highest BCUT2D eigenvalue weighted by molar-refractivity contribution is 6.30. The van der Waals surface area contributed by atoms with Gasteiger partial charge in [0.15, 0.2) is 13.2 Å². The number of carbonyl (C=O) groups excluding carboxylic acids is 3. The smallest absolute Gasteiger partial charge is 0.409 e. The number of esters is 1. The normalized spacial score (nSPS) is 13.9. The van der Waals surface area contributed by atoms with E-state index in [2.05, 4.69) is 0 Å². The summed E-state index contributed by atoms with van der Waals surface area (Å²) in [6.07, 6.45) is -0.383. The minimum Gasteiger partial charge on any atom is -0.481 e. The first-order valence-electron chi connectivity index (χ1n) is 9.06. The molecule has 1 saturated heterocycles. The predicted octanol–water partition coefficient (Wildman–Crippen LogP) is 2.18. The Labute approximate surface area is 169 Å². The fraction of sp³-hybridized carbons (Fsp3) is 0.526. The highest BCUT2D eigenvalue weighted by Crippen LogP contribution is 2.26. The van der Waals surface area contributed by atoms with Crippen LogP contribution in [0, 0.1) is 13.8 Å². The molecular weight excluding hydrogens is 388 g/mol. The van der Waals surface area contributed by atoms with E-state index in [0.717, 1.165) is 11.1 Å². The summed E-state index contributed by atoms with van der Waals surface area (Å²) in [6, 6.07) is 3.49. The monoisotopic (exact) mass is 412 g/mol. The molecule has 0 atom stereocenters. The van der Waals surface area contributed by atoms with Gasteiger partial charge >= 0.3 is 12.1 Å². The second-order valence-electron chi connectivity index (χ2n) is 6.38. The van der Waals surface area contributed by atoms with E-state index in [1.807, 2.05) is 13.8 Å². The molecule has 1 aromatic carbocycles. The molecule has 1 aliphatic heterocycles. The maximum atomic E-state index is 12.2. The summed E-state index contributed by atoms with van der Waals surface area (Å²) in [6.45, 7) is 6.57. The molecule has 1 heterocycles. The summed E-state index contributed by atoms with van der Waals surface area (Å²) in [5.41, 5.74) is 1.63. The van der Waals surface area contributed by atoms with Crippen LogP contribution in [-0.2, 0) is 19.1 Å². The first-order valence-corrected chi connectivity index (χ1v) is 9.44. The lowest BCUT2D eigenvalue weighted by molar-refractivity contribution is -0.154. The number of hydrogen-bond acceptors (Lipinski definition) is 6. The van der Waals surface area contributed by atoms with E-state index in [1.54, 1.807) is 28.9 Å². The van der Waals surface area contributed by atoms with E-state index >= 15 is 0 Å². The van der Waals surface area contributed by atoms with Gasteiger partial charge in [-0.3, -0.25) is 4.79 Å². The average Bonchev–Trinajstić information content (AvgIpc) is 2.65. The Morgan fingerprint density at radius 3 is 2.11 bits per heavy atom. The molecule has 154 valence electrons. The molecule has 0 spiro atoms. The molecule has 9 heteroatoms. The maximum absolute atomic E-state index is 12.2. The molecule has 0 unspecified atom stereocenters. The molecule has 0 saturated carbocycles. The second-order valence-corrected chi connectivity index (χ2v) is 6.82. The highest BCUT2D eigenvalue weighted by atomic mass is 35.5. The largest absolute Gasteiger partial charge is 0.481 e. The van der Waals surface area contributed by atoms with Gasteiger partial charge < -0.3 is 24.0 Å². The van der Waals surface area contributed by atoms with Crippen LogP contribution in [-0.4, -0.2) is 73.8 Å². The molecule has 1 fully saturated rings. The number of halogens is 1. The highest BCUT2D eigenvalue weighted by Gasteiger charge is 2.25. The number of benzene rings is 1. The molecule has 0 radical (unpaired) electrons. The molecule has 28 heavy (non-hydrogen) atoms. The Kier molecular flexibility index (Phi) is 7.92. The van der Waals surface area contributed by atoms with Crippen molar-refractivity contribution in [1.82, 2.24) is 9.80 Å². The van der Waals surface area contributed by atoms with Crippen molar-refractivity contribution in [1.29, 1.82) is 0 Å². The van der Waals surface area contributed by atoms with E-state index < -0.39 is 5.97 Å². The third kappa shape index (κ3) is 6.02. The van der Waals surface area contributed by atoms with E-state index in [-0.39, 0.29) is 25.2 Å². The molecule has 2 rings (SSSR count). The van der Waals surface area contributed by atoms with Crippen LogP contribution >= 0.6 is 11.6 Å². The van der Waals surface area contributed by atoms with Gasteiger partial charge in [0, 0.05) is 31.2 Å². The molecule has 0 N–H and O–H groups in total. The number of piperazine rings is 1. The number of amides is 2. The van der Waals surface area contributed by atoms with Crippen molar-refractivity contribution in [2.45, 2.75) is 20.8 Å². The van der Waals surface area contributed by atoms with Crippen molar-refractivity contribution in [3.05, 3.63) is 28.3 Å². The van der Waals surface area contributed by atoms with Crippen LogP contribution in [0.1, 0.15) is 18.1 Å². The number of ether oxygens (including phenoxy) is 3. The first kappa shape index (κ1) is 21.8. The van der Waals surface area contributed by atoms with Crippen molar-refractivity contribution in [2.24, 2.45) is 0 Å². The van der Waals surface area contributed by atoms with E-state index in [4.69, 9.17) is 25.8 Å². The van der Waals surface area contributed by atoms with Gasteiger partial charge in [0.1, 0.15) is 5.75 Å². The van der Waals surface area contributed by atoms with E-state index in [9.17, 15) is 14.4 Å². The lowest BCUT2D eigenvalue weighted by Gasteiger charge is -2.33. The quantitative estimate of drug-likeness (QED) is 0.666. The van der Waals surface area contributed by atoms with Gasteiger partial charge in [0.05, 0.1) is 6.61 Å². The number of hydrogen-bond donors (Lipinski definition) is 0. The van der Waals surface area contributed by atoms with Gasteiger partial charge in [0.25, 0.3) is 5.91 Å². The molecule has 1 aromatic rings. The summed E-state index contributed by atoms with van der Waals surface area (Å²) >= 11 is 5.97. The molecule has 2 amide bonds. The van der Waals surface area contributed by atoms with Gasteiger partial charge in [-0.25, -0.2) is 9.59 Å². The first-order chi connectivity index (χ1) is 13.3. The zero-order chi connectivity index (χ0) is 20.7. The van der Waals surface area contributed by atoms with Gasteiger partial charge in [-0.1, -0.05) is 11.6 Å². The second kappa shape index (κ2) is 10.2. The molecule has 1 aliphatic rings. The molecular formula is C19H25ClN2O6. The van der Waals surface area contributed by atoms with Crippen molar-refractivity contribution in [2.75, 3.05) is 46.0 Å². The average molecular weight is 413 g/mol. The number of carbonyl (C=O) groups is 3. The van der Waals surface area contributed by atoms with Gasteiger partial charge in [-0.2, -0.15) is 0 Å². The lowest BCUT2D eigenvalue weighted by Crippen LogP contribution is -2.51. The SMILES string of the molecule is CCOC(=O)N1CCN(C(=O)COC(=O)COc2c(C)cc(Cl)cc2C)CC1. The number of nitrogens with zero attached hydrogens (tertiary/aromatic N) is 2. The Balaban J connectivity index is 1.73. The summed E-state index contributed by atoms with van der Waals surface area (Å²) in [4.78, 5) is 38.8. The zero-order valence-electron chi connectivity index (χ0n) is 16.3. The van der Waals surface area contributed by atoms with Gasteiger partial charge in [0.2, 0.25) is 0 Å². The maximum Gasteiger partial charge on any atom is 0.409 e. The van der Waals surface area contributed by atoms with Gasteiger partial charge in [-0.05, 0) is 44.0 Å². The minimum atomic E-state index is -0.632. The van der Waals surface area contributed by atoms with Crippen LogP contribution in [0.25, 0.3) is 0 Å². The summed E-state index contributed by atoms with van der Waals surface area (Å²) in [5.74, 6) is -0.370. The Morgan fingerprint density at radius 1 is 0.964 bits per heavy atom. The predicted molar refractivity (Wildman–Crippen MR) is 103 cm³/mol. The molecule has 0 bridgehead atoms. The van der Waals surface area contributed by atoms with E-state index in [0.29, 0.717) is 43.6 Å². The Morgan fingerprint density at radius 2 is 1.54 bits per heavy atom. The van der Waals surface area contributed by atoms with Gasteiger partial charge in [-0.15, -0.1) is 0 Å². The van der Waals surface area contributed by atoms with Crippen molar-refractivity contribution in [3.63, 3.8) is 0 Å². The summed E-state index contributed by atoms with van der Waals surface area (Å²) in [7, 11) is 0. The van der Waals surface area contributed by atoms with Crippen molar-refractivity contribution in [3.8, 4) is 5.75 Å². The van der Waals surface area contributed by atoms with Crippen LogP contribution in [0.2, 0.25) is 5.02 Å². The fourth-order valence-corrected chi connectivity index (χ4v) is 3.21.